The Labute approximate surface area is 117 Å². The monoisotopic (exact) mass is 322 g/mol. The standard InChI is InChI=1S/C13H11BrN2OS/c14-8-3-4-10-9(6-8)13(11-2-1-5-18-11)15-7-12(17)16-10/h1-6,12,16-17H,7H2. The summed E-state index contributed by atoms with van der Waals surface area (Å²) in [5.74, 6) is 0. The molecule has 0 fully saturated rings. The molecule has 0 saturated carbocycles. The normalized spacial score (nSPS) is 18.6. The van der Waals surface area contributed by atoms with Gasteiger partial charge in [-0.25, -0.2) is 0 Å². The van der Waals surface area contributed by atoms with Crippen molar-refractivity contribution < 1.29 is 5.11 Å². The second-order valence-electron chi connectivity index (χ2n) is 4.02. The van der Waals surface area contributed by atoms with E-state index in [0.717, 1.165) is 26.3 Å². The van der Waals surface area contributed by atoms with E-state index in [0.29, 0.717) is 6.54 Å². The van der Waals surface area contributed by atoms with E-state index in [1.165, 1.54) is 0 Å². The highest BCUT2D eigenvalue weighted by atomic mass is 79.9. The Morgan fingerprint density at radius 2 is 2.28 bits per heavy atom. The lowest BCUT2D eigenvalue weighted by atomic mass is 10.1. The SMILES string of the molecule is OC1CN=C(c2cccs2)c2cc(Br)ccc2N1. The van der Waals surface area contributed by atoms with E-state index in [1.807, 2.05) is 35.7 Å². The van der Waals surface area contributed by atoms with E-state index in [1.54, 1.807) is 11.3 Å². The number of aliphatic hydroxyl groups is 1. The van der Waals surface area contributed by atoms with Crippen LogP contribution in [-0.2, 0) is 0 Å². The van der Waals surface area contributed by atoms with Gasteiger partial charge in [-0.2, -0.15) is 0 Å². The molecule has 0 radical (unpaired) electrons. The van der Waals surface area contributed by atoms with E-state index < -0.39 is 6.23 Å². The average Bonchev–Trinajstić information content (AvgIpc) is 2.81. The molecule has 1 aliphatic rings. The maximum Gasteiger partial charge on any atom is 0.144 e. The zero-order chi connectivity index (χ0) is 12.5. The summed E-state index contributed by atoms with van der Waals surface area (Å²) in [5.41, 5.74) is 2.86. The second kappa shape index (κ2) is 4.84. The Hall–Kier alpha value is -1.17. The first-order valence-corrected chi connectivity index (χ1v) is 7.24. The quantitative estimate of drug-likeness (QED) is 0.847. The van der Waals surface area contributed by atoms with Gasteiger partial charge in [0.15, 0.2) is 0 Å². The van der Waals surface area contributed by atoms with E-state index in [-0.39, 0.29) is 0 Å². The number of thiophene rings is 1. The van der Waals surface area contributed by atoms with Crippen LogP contribution >= 0.6 is 27.3 Å². The zero-order valence-corrected chi connectivity index (χ0v) is 11.8. The molecule has 1 unspecified atom stereocenters. The first kappa shape index (κ1) is 11.9. The lowest BCUT2D eigenvalue weighted by Gasteiger charge is -2.12. The van der Waals surface area contributed by atoms with Gasteiger partial charge in [0.25, 0.3) is 0 Å². The summed E-state index contributed by atoms with van der Waals surface area (Å²) in [4.78, 5) is 5.64. The van der Waals surface area contributed by atoms with Crippen molar-refractivity contribution in [3.63, 3.8) is 0 Å². The summed E-state index contributed by atoms with van der Waals surface area (Å²) in [5, 5.41) is 14.9. The second-order valence-corrected chi connectivity index (χ2v) is 5.88. The topological polar surface area (TPSA) is 44.6 Å². The fraction of sp³-hybridized carbons (Fsp3) is 0.154. The largest absolute Gasteiger partial charge is 0.372 e. The minimum Gasteiger partial charge on any atom is -0.372 e. The van der Waals surface area contributed by atoms with Crippen molar-refractivity contribution in [2.75, 3.05) is 11.9 Å². The lowest BCUT2D eigenvalue weighted by molar-refractivity contribution is 0.213. The van der Waals surface area contributed by atoms with Crippen molar-refractivity contribution in [3.8, 4) is 0 Å². The van der Waals surface area contributed by atoms with Crippen LogP contribution in [0.15, 0.2) is 45.2 Å². The molecule has 0 spiro atoms. The molecule has 1 aromatic carbocycles. The highest BCUT2D eigenvalue weighted by molar-refractivity contribution is 9.10. The highest BCUT2D eigenvalue weighted by Crippen LogP contribution is 2.28. The van der Waals surface area contributed by atoms with Crippen molar-refractivity contribution in [2.24, 2.45) is 4.99 Å². The number of benzene rings is 1. The molecular formula is C13H11BrN2OS. The first-order chi connectivity index (χ1) is 8.74. The molecule has 3 nitrogen and oxygen atoms in total. The third kappa shape index (κ3) is 2.21. The molecule has 5 heteroatoms. The molecule has 3 rings (SSSR count). The zero-order valence-electron chi connectivity index (χ0n) is 9.43. The highest BCUT2D eigenvalue weighted by Gasteiger charge is 2.18. The van der Waals surface area contributed by atoms with Gasteiger partial charge >= 0.3 is 0 Å². The van der Waals surface area contributed by atoms with E-state index in [4.69, 9.17) is 0 Å². The molecule has 0 aliphatic carbocycles. The van der Waals surface area contributed by atoms with Gasteiger partial charge in [-0.15, -0.1) is 11.3 Å². The molecule has 18 heavy (non-hydrogen) atoms. The number of nitrogens with one attached hydrogen (secondary N) is 1. The summed E-state index contributed by atoms with van der Waals surface area (Å²) in [6.45, 7) is 0.361. The van der Waals surface area contributed by atoms with Crippen LogP contribution in [0.5, 0.6) is 0 Å². The molecule has 0 amide bonds. The maximum atomic E-state index is 9.79. The number of anilines is 1. The molecule has 2 aromatic rings. The molecule has 92 valence electrons. The van der Waals surface area contributed by atoms with Crippen molar-refractivity contribution in [1.29, 1.82) is 0 Å². The number of benzodiazepines with no additional fused rings is 1. The van der Waals surface area contributed by atoms with Crippen LogP contribution in [0.25, 0.3) is 0 Å². The maximum absolute atomic E-state index is 9.79. The summed E-state index contributed by atoms with van der Waals surface area (Å²) < 4.78 is 1.00. The minimum absolute atomic E-state index is 0.361. The van der Waals surface area contributed by atoms with Gasteiger partial charge in [0.1, 0.15) is 6.23 Å². The molecule has 1 atom stereocenters. The molecule has 2 N–H and O–H groups in total. The number of hydrogen-bond donors (Lipinski definition) is 2. The summed E-state index contributed by atoms with van der Waals surface area (Å²) in [7, 11) is 0. The van der Waals surface area contributed by atoms with Crippen molar-refractivity contribution in [1.82, 2.24) is 0 Å². The first-order valence-electron chi connectivity index (χ1n) is 5.57. The van der Waals surface area contributed by atoms with Gasteiger partial charge in [0, 0.05) is 15.7 Å². The van der Waals surface area contributed by atoms with Crippen molar-refractivity contribution in [2.45, 2.75) is 6.23 Å². The van der Waals surface area contributed by atoms with Gasteiger partial charge in [-0.3, -0.25) is 4.99 Å². The third-order valence-corrected chi connectivity index (χ3v) is 4.11. The van der Waals surface area contributed by atoms with Gasteiger partial charge < -0.3 is 10.4 Å². The van der Waals surface area contributed by atoms with E-state index in [9.17, 15) is 5.11 Å². The molecule has 2 heterocycles. The van der Waals surface area contributed by atoms with Crippen LogP contribution in [0.2, 0.25) is 0 Å². The Balaban J connectivity index is 2.17. The number of aliphatic imine (C=N–C) groups is 1. The number of fused-ring (bicyclic) bond motifs is 1. The fourth-order valence-corrected chi connectivity index (χ4v) is 3.06. The summed E-state index contributed by atoms with van der Waals surface area (Å²) in [6.07, 6.45) is -0.637. The van der Waals surface area contributed by atoms with Crippen molar-refractivity contribution >= 4 is 38.7 Å². The lowest BCUT2D eigenvalue weighted by Crippen LogP contribution is -2.20. The Bertz CT molecular complexity index is 595. The van der Waals surface area contributed by atoms with Crippen LogP contribution in [0.1, 0.15) is 10.4 Å². The predicted molar refractivity (Wildman–Crippen MR) is 78.6 cm³/mol. The van der Waals surface area contributed by atoms with Crippen LogP contribution in [0, 0.1) is 0 Å². The molecule has 1 aliphatic heterocycles. The Morgan fingerprint density at radius 3 is 3.06 bits per heavy atom. The van der Waals surface area contributed by atoms with Crippen LogP contribution in [-0.4, -0.2) is 23.6 Å². The number of aliphatic hydroxyl groups excluding tert-OH is 1. The van der Waals surface area contributed by atoms with E-state index >= 15 is 0 Å². The number of hydrogen-bond acceptors (Lipinski definition) is 4. The number of halogens is 1. The fourth-order valence-electron chi connectivity index (χ4n) is 1.95. The van der Waals surface area contributed by atoms with Gasteiger partial charge in [-0.05, 0) is 29.6 Å². The van der Waals surface area contributed by atoms with Gasteiger partial charge in [0.2, 0.25) is 0 Å². The van der Waals surface area contributed by atoms with E-state index in [2.05, 4.69) is 26.2 Å². The number of rotatable bonds is 1. The Kier molecular flexibility index (Phi) is 3.20. The molecule has 0 saturated heterocycles. The smallest absolute Gasteiger partial charge is 0.144 e. The van der Waals surface area contributed by atoms with Crippen LogP contribution < -0.4 is 5.32 Å². The Morgan fingerprint density at radius 1 is 1.39 bits per heavy atom. The van der Waals surface area contributed by atoms with Crippen molar-refractivity contribution in [3.05, 3.63) is 50.6 Å². The van der Waals surface area contributed by atoms with Crippen LogP contribution in [0.4, 0.5) is 5.69 Å². The average molecular weight is 323 g/mol. The summed E-state index contributed by atoms with van der Waals surface area (Å²) >= 11 is 5.13. The summed E-state index contributed by atoms with van der Waals surface area (Å²) in [6, 6.07) is 9.99. The third-order valence-electron chi connectivity index (χ3n) is 2.74. The predicted octanol–water partition coefficient (Wildman–Crippen LogP) is 3.09. The van der Waals surface area contributed by atoms with Crippen LogP contribution in [0.3, 0.4) is 0 Å². The van der Waals surface area contributed by atoms with Gasteiger partial charge in [-0.1, -0.05) is 22.0 Å². The minimum atomic E-state index is -0.637. The van der Waals surface area contributed by atoms with Gasteiger partial charge in [0.05, 0.1) is 17.1 Å². The molecule has 0 bridgehead atoms. The molecule has 1 aromatic heterocycles. The number of nitrogens with zero attached hydrogens (tertiary/aromatic N) is 1. The molecular weight excluding hydrogens is 312 g/mol.